The third-order valence-electron chi connectivity index (χ3n) is 2.95. The summed E-state index contributed by atoms with van der Waals surface area (Å²) >= 11 is 11.7. The zero-order valence-corrected chi connectivity index (χ0v) is 11.2. The molecule has 1 aromatic carbocycles. The monoisotopic (exact) mass is 288 g/mol. The van der Waals surface area contributed by atoms with Crippen molar-refractivity contribution in [3.63, 3.8) is 0 Å². The number of carbonyl (C=O) groups is 1. The van der Waals surface area contributed by atoms with E-state index in [1.807, 2.05) is 0 Å². The first-order valence-electron chi connectivity index (χ1n) is 5.73. The van der Waals surface area contributed by atoms with Crippen LogP contribution in [0.25, 0.3) is 0 Å². The second kappa shape index (κ2) is 5.78. The van der Waals surface area contributed by atoms with Crippen molar-refractivity contribution in [1.82, 2.24) is 10.6 Å². The maximum atomic E-state index is 11.0. The van der Waals surface area contributed by atoms with E-state index >= 15 is 0 Å². The van der Waals surface area contributed by atoms with Crippen LogP contribution in [0.4, 0.5) is 0 Å². The number of phenolic OH excluding ortho intramolecular Hbond substituents is 1. The molecule has 1 amide bonds. The number of phenols is 1. The molecule has 1 fully saturated rings. The summed E-state index contributed by atoms with van der Waals surface area (Å²) in [6.45, 7) is 1.07. The lowest BCUT2D eigenvalue weighted by molar-refractivity contribution is -0.122. The van der Waals surface area contributed by atoms with Crippen LogP contribution in [0.3, 0.4) is 0 Å². The molecule has 1 saturated heterocycles. The Morgan fingerprint density at radius 1 is 1.44 bits per heavy atom. The van der Waals surface area contributed by atoms with Gasteiger partial charge in [-0.25, -0.2) is 0 Å². The van der Waals surface area contributed by atoms with Crippen molar-refractivity contribution in [2.24, 2.45) is 0 Å². The first-order valence-corrected chi connectivity index (χ1v) is 6.49. The van der Waals surface area contributed by atoms with Crippen LogP contribution in [0.1, 0.15) is 18.4 Å². The molecule has 0 aromatic heterocycles. The number of halogens is 2. The second-order valence-corrected chi connectivity index (χ2v) is 5.16. The van der Waals surface area contributed by atoms with Gasteiger partial charge in [0.2, 0.25) is 5.91 Å². The number of rotatable bonds is 3. The molecule has 0 radical (unpaired) electrons. The van der Waals surface area contributed by atoms with Crippen LogP contribution >= 0.6 is 23.2 Å². The van der Waals surface area contributed by atoms with E-state index in [2.05, 4.69) is 10.6 Å². The highest BCUT2D eigenvalue weighted by Gasteiger charge is 2.18. The van der Waals surface area contributed by atoms with Crippen molar-refractivity contribution in [3.05, 3.63) is 27.7 Å². The van der Waals surface area contributed by atoms with Gasteiger partial charge in [0.15, 0.2) is 0 Å². The Morgan fingerprint density at radius 3 is 2.89 bits per heavy atom. The number of hydrogen-bond donors (Lipinski definition) is 3. The summed E-state index contributed by atoms with van der Waals surface area (Å²) in [6.07, 6.45) is 1.32. The van der Waals surface area contributed by atoms with Crippen molar-refractivity contribution in [1.29, 1.82) is 0 Å². The molecule has 1 aliphatic rings. The average Bonchev–Trinajstić information content (AvgIpc) is 2.34. The summed E-state index contributed by atoms with van der Waals surface area (Å²) < 4.78 is 0. The lowest BCUT2D eigenvalue weighted by Crippen LogP contribution is -2.45. The van der Waals surface area contributed by atoms with Crippen molar-refractivity contribution in [2.75, 3.05) is 6.54 Å². The molecule has 3 N–H and O–H groups in total. The van der Waals surface area contributed by atoms with Gasteiger partial charge >= 0.3 is 0 Å². The number of benzene rings is 1. The first-order chi connectivity index (χ1) is 8.56. The van der Waals surface area contributed by atoms with Crippen molar-refractivity contribution < 1.29 is 9.90 Å². The standard InChI is InChI=1S/C12H14Cl2N2O2/c13-8-3-7(12(18)10(14)4-8)5-15-9-1-2-11(17)16-6-9/h3-4,9,15,18H,1-2,5-6H2,(H,16,17). The number of hydrogen-bond acceptors (Lipinski definition) is 3. The third-order valence-corrected chi connectivity index (χ3v) is 3.46. The number of aromatic hydroxyl groups is 1. The molecule has 1 atom stereocenters. The van der Waals surface area contributed by atoms with Gasteiger partial charge in [-0.05, 0) is 18.6 Å². The van der Waals surface area contributed by atoms with Crippen LogP contribution in [-0.2, 0) is 11.3 Å². The largest absolute Gasteiger partial charge is 0.506 e. The summed E-state index contributed by atoms with van der Waals surface area (Å²) in [5.74, 6) is 0.134. The maximum absolute atomic E-state index is 11.0. The van der Waals surface area contributed by atoms with Crippen LogP contribution in [-0.4, -0.2) is 23.6 Å². The van der Waals surface area contributed by atoms with E-state index < -0.39 is 0 Å². The zero-order valence-electron chi connectivity index (χ0n) is 9.67. The van der Waals surface area contributed by atoms with Gasteiger partial charge in [-0.3, -0.25) is 4.79 Å². The van der Waals surface area contributed by atoms with Crippen molar-refractivity contribution in [3.8, 4) is 5.75 Å². The molecule has 98 valence electrons. The van der Waals surface area contributed by atoms with Gasteiger partial charge in [0.05, 0.1) is 5.02 Å². The van der Waals surface area contributed by atoms with Gasteiger partial charge in [0.25, 0.3) is 0 Å². The minimum Gasteiger partial charge on any atom is -0.506 e. The van der Waals surface area contributed by atoms with Gasteiger partial charge < -0.3 is 15.7 Å². The smallest absolute Gasteiger partial charge is 0.220 e. The normalized spacial score (nSPS) is 19.7. The SMILES string of the molecule is O=C1CCC(NCc2cc(Cl)cc(Cl)c2O)CN1. The van der Waals surface area contributed by atoms with Crippen LogP contribution < -0.4 is 10.6 Å². The second-order valence-electron chi connectivity index (χ2n) is 4.32. The summed E-state index contributed by atoms with van der Waals surface area (Å²) in [7, 11) is 0. The van der Waals surface area contributed by atoms with Crippen LogP contribution in [0.2, 0.25) is 10.0 Å². The highest BCUT2D eigenvalue weighted by atomic mass is 35.5. The molecule has 0 saturated carbocycles. The lowest BCUT2D eigenvalue weighted by atomic mass is 10.1. The van der Waals surface area contributed by atoms with Crippen molar-refractivity contribution >= 4 is 29.1 Å². The van der Waals surface area contributed by atoms with Crippen molar-refractivity contribution in [2.45, 2.75) is 25.4 Å². The van der Waals surface area contributed by atoms with Gasteiger partial charge in [-0.15, -0.1) is 0 Å². The number of amides is 1. The fourth-order valence-corrected chi connectivity index (χ4v) is 2.45. The quantitative estimate of drug-likeness (QED) is 0.798. The minimum atomic E-state index is 0.0495. The number of piperidine rings is 1. The minimum absolute atomic E-state index is 0.0495. The zero-order chi connectivity index (χ0) is 13.1. The Labute approximate surface area is 115 Å². The molecule has 2 rings (SSSR count). The highest BCUT2D eigenvalue weighted by molar-refractivity contribution is 6.35. The Hall–Kier alpha value is -0.970. The topological polar surface area (TPSA) is 61.4 Å². The Morgan fingerprint density at radius 2 is 2.22 bits per heavy atom. The van der Waals surface area contributed by atoms with Gasteiger partial charge in [-0.1, -0.05) is 23.2 Å². The third kappa shape index (κ3) is 3.28. The van der Waals surface area contributed by atoms with E-state index in [1.54, 1.807) is 6.07 Å². The maximum Gasteiger partial charge on any atom is 0.220 e. The van der Waals surface area contributed by atoms with E-state index in [-0.39, 0.29) is 22.7 Å². The molecule has 0 bridgehead atoms. The molecule has 6 heteroatoms. The Bertz CT molecular complexity index is 456. The summed E-state index contributed by atoms with van der Waals surface area (Å²) in [5, 5.41) is 16.6. The lowest BCUT2D eigenvalue weighted by Gasteiger charge is -2.23. The van der Waals surface area contributed by atoms with Crippen LogP contribution in [0, 0.1) is 0 Å². The predicted octanol–water partition coefficient (Wildman–Crippen LogP) is 2.07. The molecule has 1 aromatic rings. The molecule has 18 heavy (non-hydrogen) atoms. The number of nitrogens with one attached hydrogen (secondary N) is 2. The van der Waals surface area contributed by atoms with Crippen LogP contribution in [0.5, 0.6) is 5.75 Å². The fraction of sp³-hybridized carbons (Fsp3) is 0.417. The van der Waals surface area contributed by atoms with E-state index in [9.17, 15) is 9.90 Å². The summed E-state index contributed by atoms with van der Waals surface area (Å²) in [4.78, 5) is 11.0. The van der Waals surface area contributed by atoms with Crippen LogP contribution in [0.15, 0.2) is 12.1 Å². The van der Waals surface area contributed by atoms with E-state index in [1.165, 1.54) is 6.07 Å². The van der Waals surface area contributed by atoms with Gasteiger partial charge in [0, 0.05) is 36.1 Å². The molecular weight excluding hydrogens is 275 g/mol. The first kappa shape index (κ1) is 13.5. The average molecular weight is 289 g/mol. The molecule has 1 aliphatic heterocycles. The molecule has 4 nitrogen and oxygen atoms in total. The van der Waals surface area contributed by atoms with Gasteiger partial charge in [-0.2, -0.15) is 0 Å². The Kier molecular flexibility index (Phi) is 4.32. The van der Waals surface area contributed by atoms with E-state index in [0.717, 1.165) is 6.42 Å². The fourth-order valence-electron chi connectivity index (χ4n) is 1.92. The van der Waals surface area contributed by atoms with Gasteiger partial charge in [0.1, 0.15) is 5.75 Å². The summed E-state index contributed by atoms with van der Waals surface area (Å²) in [5.41, 5.74) is 0.657. The Balaban J connectivity index is 1.96. The molecule has 1 unspecified atom stereocenters. The molecule has 0 aliphatic carbocycles. The predicted molar refractivity (Wildman–Crippen MR) is 71.0 cm³/mol. The highest BCUT2D eigenvalue weighted by Crippen LogP contribution is 2.31. The molecule has 0 spiro atoms. The number of carbonyl (C=O) groups excluding carboxylic acids is 1. The molecular formula is C12H14Cl2N2O2. The molecule has 1 heterocycles. The van der Waals surface area contributed by atoms with E-state index in [4.69, 9.17) is 23.2 Å². The summed E-state index contributed by atoms with van der Waals surface area (Å²) in [6, 6.07) is 3.39. The van der Waals surface area contributed by atoms with E-state index in [0.29, 0.717) is 30.1 Å².